The van der Waals surface area contributed by atoms with E-state index in [1.54, 1.807) is 31.1 Å². The van der Waals surface area contributed by atoms with Gasteiger partial charge in [-0.3, -0.25) is 4.79 Å². The molecule has 0 aliphatic heterocycles. The van der Waals surface area contributed by atoms with E-state index < -0.39 is 5.60 Å². The number of amides is 1. The Balaban J connectivity index is 2.08. The molecule has 116 valence electrons. The molecule has 1 saturated carbocycles. The Bertz CT molecular complexity index is 505. The minimum absolute atomic E-state index is 0.0452. The molecule has 1 aromatic rings. The molecule has 4 nitrogen and oxygen atoms in total. The van der Waals surface area contributed by atoms with Crippen LogP contribution in [0, 0.1) is 6.92 Å². The third-order valence-corrected chi connectivity index (χ3v) is 4.12. The summed E-state index contributed by atoms with van der Waals surface area (Å²) in [6.07, 6.45) is 4.88. The first-order valence-electron chi connectivity index (χ1n) is 7.59. The fourth-order valence-electron chi connectivity index (χ4n) is 2.71. The summed E-state index contributed by atoms with van der Waals surface area (Å²) in [5.74, 6) is 0.637. The van der Waals surface area contributed by atoms with Crippen LogP contribution in [-0.2, 0) is 0 Å². The van der Waals surface area contributed by atoms with Crippen molar-refractivity contribution in [3.63, 3.8) is 0 Å². The predicted molar refractivity (Wildman–Crippen MR) is 82.7 cm³/mol. The lowest BCUT2D eigenvalue weighted by Gasteiger charge is -2.32. The average Bonchev–Trinajstić information content (AvgIpc) is 2.46. The van der Waals surface area contributed by atoms with Crippen LogP contribution in [-0.4, -0.2) is 42.2 Å². The van der Waals surface area contributed by atoms with Gasteiger partial charge >= 0.3 is 0 Å². The van der Waals surface area contributed by atoms with Crippen LogP contribution in [0.4, 0.5) is 0 Å². The maximum Gasteiger partial charge on any atom is 0.253 e. The van der Waals surface area contributed by atoms with Crippen LogP contribution in [0.5, 0.6) is 5.75 Å². The number of hydrogen-bond donors (Lipinski definition) is 1. The molecule has 4 heteroatoms. The molecule has 0 atom stereocenters. The van der Waals surface area contributed by atoms with E-state index in [-0.39, 0.29) is 5.91 Å². The molecule has 0 aromatic heterocycles. The minimum atomic E-state index is -0.716. The van der Waals surface area contributed by atoms with Crippen molar-refractivity contribution in [1.82, 2.24) is 4.90 Å². The molecule has 2 rings (SSSR count). The first-order chi connectivity index (χ1) is 9.91. The molecule has 0 bridgehead atoms. The van der Waals surface area contributed by atoms with E-state index in [0.29, 0.717) is 17.9 Å². The number of aryl methyl sites for hydroxylation is 1. The van der Waals surface area contributed by atoms with Gasteiger partial charge in [-0.25, -0.2) is 0 Å². The summed E-state index contributed by atoms with van der Waals surface area (Å²) in [5, 5.41) is 10.5. The molecular formula is C17H25NO3. The van der Waals surface area contributed by atoms with Gasteiger partial charge in [0.25, 0.3) is 5.91 Å². The summed E-state index contributed by atoms with van der Waals surface area (Å²) < 4.78 is 5.83. The number of carbonyl (C=O) groups is 1. The van der Waals surface area contributed by atoms with Crippen molar-refractivity contribution in [2.45, 2.75) is 44.6 Å². The highest BCUT2D eigenvalue weighted by Crippen LogP contribution is 2.29. The molecule has 1 aliphatic rings. The second-order valence-electron chi connectivity index (χ2n) is 6.25. The predicted octanol–water partition coefficient (Wildman–Crippen LogP) is 2.77. The highest BCUT2D eigenvalue weighted by atomic mass is 16.5. The van der Waals surface area contributed by atoms with Crippen LogP contribution in [0.1, 0.15) is 48.0 Å². The van der Waals surface area contributed by atoms with Crippen molar-refractivity contribution >= 4 is 5.91 Å². The summed E-state index contributed by atoms with van der Waals surface area (Å²) in [7, 11) is 3.46. The summed E-state index contributed by atoms with van der Waals surface area (Å²) >= 11 is 0. The monoisotopic (exact) mass is 291 g/mol. The summed E-state index contributed by atoms with van der Waals surface area (Å²) in [5.41, 5.74) is 0.868. The molecule has 1 aromatic carbocycles. The van der Waals surface area contributed by atoms with Crippen LogP contribution in [0.15, 0.2) is 18.2 Å². The van der Waals surface area contributed by atoms with Gasteiger partial charge in [-0.1, -0.05) is 25.3 Å². The van der Waals surface area contributed by atoms with Crippen molar-refractivity contribution in [3.05, 3.63) is 29.3 Å². The van der Waals surface area contributed by atoms with E-state index in [1.807, 2.05) is 13.0 Å². The van der Waals surface area contributed by atoms with Gasteiger partial charge in [0.2, 0.25) is 0 Å². The van der Waals surface area contributed by atoms with Crippen molar-refractivity contribution in [2.75, 3.05) is 20.7 Å². The van der Waals surface area contributed by atoms with Crippen LogP contribution in [0.25, 0.3) is 0 Å². The third kappa shape index (κ3) is 3.97. The van der Waals surface area contributed by atoms with Crippen molar-refractivity contribution in [3.8, 4) is 5.75 Å². The lowest BCUT2D eigenvalue weighted by molar-refractivity contribution is -0.0340. The molecule has 0 heterocycles. The smallest absolute Gasteiger partial charge is 0.253 e. The number of hydrogen-bond acceptors (Lipinski definition) is 3. The number of rotatable bonds is 4. The van der Waals surface area contributed by atoms with E-state index in [9.17, 15) is 9.90 Å². The van der Waals surface area contributed by atoms with Gasteiger partial charge in [-0.05, 0) is 37.5 Å². The Morgan fingerprint density at radius 2 is 1.95 bits per heavy atom. The minimum Gasteiger partial charge on any atom is -0.490 e. The maximum absolute atomic E-state index is 12.0. The van der Waals surface area contributed by atoms with Gasteiger partial charge < -0.3 is 14.7 Å². The molecule has 0 saturated heterocycles. The molecule has 1 amide bonds. The largest absolute Gasteiger partial charge is 0.490 e. The molecule has 0 unspecified atom stereocenters. The van der Waals surface area contributed by atoms with Gasteiger partial charge in [0.15, 0.2) is 0 Å². The van der Waals surface area contributed by atoms with Crippen LogP contribution >= 0.6 is 0 Å². The second-order valence-corrected chi connectivity index (χ2v) is 6.25. The van der Waals surface area contributed by atoms with E-state index in [2.05, 4.69) is 0 Å². The fourth-order valence-corrected chi connectivity index (χ4v) is 2.71. The third-order valence-electron chi connectivity index (χ3n) is 4.12. The molecule has 0 spiro atoms. The van der Waals surface area contributed by atoms with Gasteiger partial charge in [-0.2, -0.15) is 0 Å². The number of aliphatic hydroxyl groups is 1. The van der Waals surface area contributed by atoms with Crippen molar-refractivity contribution in [2.24, 2.45) is 0 Å². The Morgan fingerprint density at radius 1 is 1.29 bits per heavy atom. The average molecular weight is 291 g/mol. The quantitative estimate of drug-likeness (QED) is 0.928. The molecule has 0 radical (unpaired) electrons. The first-order valence-corrected chi connectivity index (χ1v) is 7.59. The summed E-state index contributed by atoms with van der Waals surface area (Å²) in [4.78, 5) is 13.5. The highest BCUT2D eigenvalue weighted by Gasteiger charge is 2.30. The summed E-state index contributed by atoms with van der Waals surface area (Å²) in [6, 6.07) is 5.46. The van der Waals surface area contributed by atoms with Crippen molar-refractivity contribution < 1.29 is 14.6 Å². The first kappa shape index (κ1) is 15.8. The second kappa shape index (κ2) is 6.48. The molecular weight excluding hydrogens is 266 g/mol. The number of carbonyl (C=O) groups excluding carboxylic acids is 1. The molecule has 21 heavy (non-hydrogen) atoms. The van der Waals surface area contributed by atoms with Gasteiger partial charge in [0.05, 0.1) is 5.60 Å². The van der Waals surface area contributed by atoms with E-state index in [1.165, 1.54) is 6.42 Å². The van der Waals surface area contributed by atoms with Crippen molar-refractivity contribution in [1.29, 1.82) is 0 Å². The SMILES string of the molecule is Cc1ccc(C(=O)N(C)C)cc1OCC1(O)CCCCC1. The molecule has 1 aliphatic carbocycles. The number of ether oxygens (including phenoxy) is 1. The standard InChI is InChI=1S/C17H25NO3/c1-13-7-8-14(16(19)18(2)3)11-15(13)21-12-17(20)9-5-4-6-10-17/h7-8,11,20H,4-6,9-10,12H2,1-3H3. The lowest BCUT2D eigenvalue weighted by atomic mass is 9.85. The van der Waals surface area contributed by atoms with Gasteiger partial charge in [-0.15, -0.1) is 0 Å². The zero-order chi connectivity index (χ0) is 15.5. The van der Waals surface area contributed by atoms with Crippen LogP contribution in [0.2, 0.25) is 0 Å². The Labute approximate surface area is 126 Å². The Hall–Kier alpha value is -1.55. The zero-order valence-electron chi connectivity index (χ0n) is 13.2. The Morgan fingerprint density at radius 3 is 2.57 bits per heavy atom. The zero-order valence-corrected chi connectivity index (χ0v) is 13.2. The van der Waals surface area contributed by atoms with E-state index in [0.717, 1.165) is 31.2 Å². The van der Waals surface area contributed by atoms with E-state index >= 15 is 0 Å². The molecule has 1 fully saturated rings. The number of nitrogens with zero attached hydrogens (tertiary/aromatic N) is 1. The number of benzene rings is 1. The van der Waals surface area contributed by atoms with Crippen LogP contribution < -0.4 is 4.74 Å². The van der Waals surface area contributed by atoms with Gasteiger partial charge in [0, 0.05) is 19.7 Å². The summed E-state index contributed by atoms with van der Waals surface area (Å²) in [6.45, 7) is 2.25. The lowest BCUT2D eigenvalue weighted by Crippen LogP contribution is -2.38. The van der Waals surface area contributed by atoms with E-state index in [4.69, 9.17) is 4.74 Å². The Kier molecular flexibility index (Phi) is 4.88. The topological polar surface area (TPSA) is 49.8 Å². The van der Waals surface area contributed by atoms with Crippen LogP contribution in [0.3, 0.4) is 0 Å². The fraction of sp³-hybridized carbons (Fsp3) is 0.588. The maximum atomic E-state index is 12.0. The highest BCUT2D eigenvalue weighted by molar-refractivity contribution is 5.94. The normalized spacial score (nSPS) is 17.3. The van der Waals surface area contributed by atoms with Gasteiger partial charge in [0.1, 0.15) is 12.4 Å². The molecule has 1 N–H and O–H groups in total.